The van der Waals surface area contributed by atoms with E-state index in [1.807, 2.05) is 30.3 Å². The Hall–Kier alpha value is -4.01. The lowest BCUT2D eigenvalue weighted by Crippen LogP contribution is -2.51. The number of imidazole rings is 1. The number of unbranched alkanes of at least 4 members (excludes halogenated alkanes) is 2. The molecule has 3 atom stereocenters. The van der Waals surface area contributed by atoms with Crippen molar-refractivity contribution < 1.29 is 19.2 Å². The number of amides is 2. The lowest BCUT2D eigenvalue weighted by atomic mass is 9.59. The van der Waals surface area contributed by atoms with Crippen LogP contribution in [0.15, 0.2) is 35.1 Å². The zero-order valence-corrected chi connectivity index (χ0v) is 26.2. The highest BCUT2D eigenvalue weighted by molar-refractivity contribution is 5.82. The lowest BCUT2D eigenvalue weighted by Gasteiger charge is -2.50. The fraction of sp³-hybridized carbons (Fsp3) is 0.581. The summed E-state index contributed by atoms with van der Waals surface area (Å²) in [6.07, 6.45) is 4.99. The number of nitrogens with zero attached hydrogens (tertiary/aromatic N) is 3. The largest absolute Gasteiger partial charge is 0.463 e. The normalized spacial score (nSPS) is 16.6. The number of primary amides is 1. The quantitative estimate of drug-likeness (QED) is 0.0943. The summed E-state index contributed by atoms with van der Waals surface area (Å²) in [5, 5.41) is 6.21. The summed E-state index contributed by atoms with van der Waals surface area (Å²) in [6.45, 7) is 6.18. The highest BCUT2D eigenvalue weighted by Crippen LogP contribution is 2.52. The van der Waals surface area contributed by atoms with E-state index in [1.165, 1.54) is 0 Å². The number of hydrogen-bond acceptors (Lipinski definition) is 10. The molecule has 1 aliphatic rings. The summed E-state index contributed by atoms with van der Waals surface area (Å²) in [5.41, 5.74) is 13.1. The topological polar surface area (TPSA) is 218 Å². The number of nitrogen functional groups attached to an aromatic ring is 1. The van der Waals surface area contributed by atoms with Gasteiger partial charge in [0.05, 0.1) is 12.6 Å². The number of anilines is 1. The number of rotatable bonds is 17. The van der Waals surface area contributed by atoms with Crippen molar-refractivity contribution in [3.8, 4) is 6.01 Å². The van der Waals surface area contributed by atoms with Gasteiger partial charge in [0.2, 0.25) is 11.8 Å². The van der Waals surface area contributed by atoms with E-state index in [-0.39, 0.29) is 36.0 Å². The molecule has 45 heavy (non-hydrogen) atoms. The molecule has 3 unspecified atom stereocenters. The molecule has 1 aliphatic heterocycles. The van der Waals surface area contributed by atoms with Gasteiger partial charge in [-0.1, -0.05) is 57.0 Å². The molecule has 0 aliphatic carbocycles. The molecule has 2 aromatic heterocycles. The van der Waals surface area contributed by atoms with E-state index in [9.17, 15) is 14.4 Å². The molecule has 1 saturated heterocycles. The molecule has 0 spiro atoms. The molecule has 9 N–H and O–H groups in total. The molecule has 14 heteroatoms. The number of aromatic nitrogens is 4. The van der Waals surface area contributed by atoms with E-state index in [2.05, 4.69) is 39.3 Å². The lowest BCUT2D eigenvalue weighted by molar-refractivity contribution is -0.127. The van der Waals surface area contributed by atoms with Crippen molar-refractivity contribution in [3.63, 3.8) is 0 Å². The van der Waals surface area contributed by atoms with Gasteiger partial charge >= 0.3 is 11.7 Å². The second-order valence-electron chi connectivity index (χ2n) is 11.8. The summed E-state index contributed by atoms with van der Waals surface area (Å²) in [4.78, 5) is 55.0. The van der Waals surface area contributed by atoms with Gasteiger partial charge in [-0.2, -0.15) is 9.97 Å². The fourth-order valence-corrected chi connectivity index (χ4v) is 6.74. The average Bonchev–Trinajstić information content (AvgIpc) is 3.35. The van der Waals surface area contributed by atoms with E-state index >= 15 is 0 Å². The zero-order chi connectivity index (χ0) is 32.4. The second kappa shape index (κ2) is 15.8. The van der Waals surface area contributed by atoms with Crippen LogP contribution in [-0.2, 0) is 14.4 Å². The Morgan fingerprint density at radius 3 is 2.53 bits per heavy atom. The van der Waals surface area contributed by atoms with Gasteiger partial charge in [-0.25, -0.2) is 10.7 Å². The van der Waals surface area contributed by atoms with Gasteiger partial charge in [0, 0.05) is 17.9 Å². The predicted molar refractivity (Wildman–Crippen MR) is 171 cm³/mol. The Balaban J connectivity index is 1.77. The smallest absolute Gasteiger partial charge is 0.328 e. The van der Waals surface area contributed by atoms with Crippen LogP contribution < -0.4 is 38.4 Å². The SMILES string of the molecule is CCCCOc1nc(N)c2[nH]c(=O)n(C(c3ccccc3)C3(C(C)C(CCCCNC(=O)CON)C(N)=O)CCNCC3)c2n1. The van der Waals surface area contributed by atoms with Crippen molar-refractivity contribution in [3.05, 3.63) is 46.4 Å². The molecular formula is C31H47N9O5. The number of carbonyl (C=O) groups excluding carboxylic acids is 2. The molecule has 1 aromatic carbocycles. The van der Waals surface area contributed by atoms with Crippen LogP contribution in [0.4, 0.5) is 5.82 Å². The van der Waals surface area contributed by atoms with E-state index < -0.39 is 23.3 Å². The number of nitrogens with two attached hydrogens (primary N) is 3. The van der Waals surface area contributed by atoms with Crippen molar-refractivity contribution in [1.82, 2.24) is 30.2 Å². The number of benzene rings is 1. The van der Waals surface area contributed by atoms with E-state index in [1.54, 1.807) is 4.57 Å². The van der Waals surface area contributed by atoms with Crippen LogP contribution in [0.1, 0.15) is 70.4 Å². The molecule has 0 radical (unpaired) electrons. The first-order chi connectivity index (χ1) is 21.7. The van der Waals surface area contributed by atoms with Crippen LogP contribution in [0.5, 0.6) is 6.01 Å². The maximum absolute atomic E-state index is 13.9. The van der Waals surface area contributed by atoms with E-state index in [0.29, 0.717) is 69.5 Å². The van der Waals surface area contributed by atoms with Crippen molar-refractivity contribution in [2.24, 2.45) is 28.9 Å². The van der Waals surface area contributed by atoms with Crippen LogP contribution in [0, 0.1) is 17.3 Å². The van der Waals surface area contributed by atoms with Gasteiger partial charge in [-0.3, -0.25) is 19.0 Å². The van der Waals surface area contributed by atoms with Crippen molar-refractivity contribution in [1.29, 1.82) is 0 Å². The number of hydrogen-bond donors (Lipinski definition) is 6. The Kier molecular flexibility index (Phi) is 11.9. The van der Waals surface area contributed by atoms with Crippen LogP contribution in [0.25, 0.3) is 11.2 Å². The molecular weight excluding hydrogens is 578 g/mol. The fourth-order valence-electron chi connectivity index (χ4n) is 6.74. The molecule has 246 valence electrons. The van der Waals surface area contributed by atoms with E-state index in [0.717, 1.165) is 18.4 Å². The van der Waals surface area contributed by atoms with Gasteiger partial charge in [0.15, 0.2) is 11.5 Å². The number of fused-ring (bicyclic) bond motifs is 1. The van der Waals surface area contributed by atoms with Crippen molar-refractivity contribution in [2.75, 3.05) is 38.6 Å². The molecule has 2 amide bonds. The first kappa shape index (κ1) is 33.9. The Morgan fingerprint density at radius 1 is 1.13 bits per heavy atom. The van der Waals surface area contributed by atoms with Crippen LogP contribution >= 0.6 is 0 Å². The number of aromatic amines is 1. The second-order valence-corrected chi connectivity index (χ2v) is 11.8. The maximum atomic E-state index is 13.9. The third-order valence-corrected chi connectivity index (χ3v) is 9.11. The summed E-state index contributed by atoms with van der Waals surface area (Å²) in [5.74, 6) is 3.70. The molecule has 4 rings (SSSR count). The van der Waals surface area contributed by atoms with Crippen molar-refractivity contribution >= 4 is 28.8 Å². The van der Waals surface area contributed by atoms with Crippen LogP contribution in [0.2, 0.25) is 0 Å². The molecule has 3 heterocycles. The maximum Gasteiger partial charge on any atom is 0.328 e. The molecule has 1 fully saturated rings. The molecule has 0 bridgehead atoms. The van der Waals surface area contributed by atoms with Crippen LogP contribution in [-0.4, -0.2) is 64.2 Å². The van der Waals surface area contributed by atoms with Gasteiger partial charge in [0.1, 0.15) is 12.1 Å². The number of nitrogens with one attached hydrogen (secondary N) is 3. The minimum atomic E-state index is -0.569. The van der Waals surface area contributed by atoms with E-state index in [4.69, 9.17) is 27.1 Å². The van der Waals surface area contributed by atoms with Crippen LogP contribution in [0.3, 0.4) is 0 Å². The Bertz CT molecular complexity index is 1470. The summed E-state index contributed by atoms with van der Waals surface area (Å²) < 4.78 is 7.49. The number of carbonyl (C=O) groups is 2. The third-order valence-electron chi connectivity index (χ3n) is 9.11. The third kappa shape index (κ3) is 7.81. The van der Waals surface area contributed by atoms with Gasteiger partial charge in [-0.05, 0) is 56.7 Å². The Morgan fingerprint density at radius 2 is 1.87 bits per heavy atom. The first-order valence-corrected chi connectivity index (χ1v) is 15.8. The molecule has 3 aromatic rings. The van der Waals surface area contributed by atoms with Gasteiger partial charge in [-0.15, -0.1) is 0 Å². The number of H-pyrrole nitrogens is 1. The van der Waals surface area contributed by atoms with Crippen molar-refractivity contribution in [2.45, 2.75) is 64.8 Å². The highest BCUT2D eigenvalue weighted by atomic mass is 16.6. The summed E-state index contributed by atoms with van der Waals surface area (Å²) in [6, 6.07) is 9.43. The first-order valence-electron chi connectivity index (χ1n) is 15.8. The summed E-state index contributed by atoms with van der Waals surface area (Å²) >= 11 is 0. The zero-order valence-electron chi connectivity index (χ0n) is 26.2. The molecule has 0 saturated carbocycles. The highest BCUT2D eigenvalue weighted by Gasteiger charge is 2.50. The minimum Gasteiger partial charge on any atom is -0.463 e. The van der Waals surface area contributed by atoms with Gasteiger partial charge < -0.3 is 31.8 Å². The van der Waals surface area contributed by atoms with Gasteiger partial charge in [0.25, 0.3) is 0 Å². The number of ether oxygens (including phenoxy) is 1. The monoisotopic (exact) mass is 625 g/mol. The number of piperidine rings is 1. The Labute approximate surface area is 262 Å². The standard InChI is InChI=1S/C31H47N9O5/c1-3-4-18-44-29-38-26(32)24-28(39-29)40(30(43)37-24)25(21-10-6-5-7-11-21)31(13-16-35-17-14-31)20(2)22(27(33)42)12-8-9-15-36-23(41)19-45-34/h5-7,10-11,20,22,25,35H,3-4,8-9,12-19,34H2,1-2H3,(H2,33,42)(H,36,41)(H,37,43)(H2,32,38,39). The average molecular weight is 626 g/mol. The molecule has 14 nitrogen and oxygen atoms in total. The summed E-state index contributed by atoms with van der Waals surface area (Å²) in [7, 11) is 0. The predicted octanol–water partition coefficient (Wildman–Crippen LogP) is 1.75. The minimum absolute atomic E-state index is 0.112.